The molecule has 31 heavy (non-hydrogen) atoms. The average molecular weight is 450 g/mol. The molecule has 0 unspecified atom stereocenters. The molecule has 3 rings (SSSR count). The highest BCUT2D eigenvalue weighted by Crippen LogP contribution is 2.47. The van der Waals surface area contributed by atoms with E-state index in [-0.39, 0.29) is 19.6 Å². The monoisotopic (exact) mass is 450 g/mol. The predicted octanol–water partition coefficient (Wildman–Crippen LogP) is -1.44. The van der Waals surface area contributed by atoms with Crippen molar-refractivity contribution in [3.8, 4) is 0 Å². The Labute approximate surface area is 180 Å². The smallest absolute Gasteiger partial charge is 0.305 e. The minimum absolute atomic E-state index is 0.238. The van der Waals surface area contributed by atoms with E-state index in [2.05, 4.69) is 6.92 Å². The Hall–Kier alpha value is -0.890. The lowest BCUT2D eigenvalue weighted by Crippen LogP contribution is -2.62. The Balaban J connectivity index is 1.53. The largest absolute Gasteiger partial charge is 0.463 e. The predicted molar refractivity (Wildman–Crippen MR) is 103 cm³/mol. The molecular weight excluding hydrogens is 416 g/mol. The molecule has 3 aliphatic rings. The van der Waals surface area contributed by atoms with Crippen LogP contribution in [0.15, 0.2) is 0 Å². The van der Waals surface area contributed by atoms with Crippen molar-refractivity contribution in [3.63, 3.8) is 0 Å². The first-order valence-electron chi connectivity index (χ1n) is 10.9. The van der Waals surface area contributed by atoms with Crippen LogP contribution < -0.4 is 0 Å². The lowest BCUT2D eigenvalue weighted by Gasteiger charge is -2.43. The van der Waals surface area contributed by atoms with E-state index in [9.17, 15) is 30.3 Å². The van der Waals surface area contributed by atoms with E-state index in [1.54, 1.807) is 0 Å². The van der Waals surface area contributed by atoms with Gasteiger partial charge in [0.15, 0.2) is 6.29 Å². The first-order valence-corrected chi connectivity index (χ1v) is 10.9. The van der Waals surface area contributed by atoms with Crippen molar-refractivity contribution in [1.82, 2.24) is 0 Å². The van der Waals surface area contributed by atoms with Gasteiger partial charge in [0.1, 0.15) is 55.9 Å². The second-order valence-electron chi connectivity index (χ2n) is 8.31. The lowest BCUT2D eigenvalue weighted by molar-refractivity contribution is -0.382. The maximum absolute atomic E-state index is 12.0. The summed E-state index contributed by atoms with van der Waals surface area (Å²) in [5.74, 6) is -2.14. The van der Waals surface area contributed by atoms with Gasteiger partial charge in [-0.3, -0.25) is 4.79 Å². The maximum Gasteiger partial charge on any atom is 0.305 e. The van der Waals surface area contributed by atoms with E-state index in [4.69, 9.17) is 23.7 Å². The number of unbranched alkanes of at least 4 members (excludes halogenated alkanes) is 4. The summed E-state index contributed by atoms with van der Waals surface area (Å²) in [6.07, 6.45) is -4.16. The van der Waals surface area contributed by atoms with Crippen molar-refractivity contribution in [3.05, 3.63) is 0 Å². The Morgan fingerprint density at radius 2 is 1.71 bits per heavy atom. The zero-order chi connectivity index (χ0) is 22.6. The SMILES string of the molecule is CCCCCCCC(=O)OC[C@H]1O[C@H](O[C@]2(CO)O[C@H](CO)[C@@H]3O[C@@H]32)[C@H](O)[C@@H](O)[C@@H]1O. The molecule has 0 radical (unpaired) electrons. The van der Waals surface area contributed by atoms with Gasteiger partial charge in [-0.15, -0.1) is 0 Å². The first kappa shape index (κ1) is 24.7. The van der Waals surface area contributed by atoms with Gasteiger partial charge in [0.25, 0.3) is 0 Å². The van der Waals surface area contributed by atoms with Crippen LogP contribution in [-0.2, 0) is 28.5 Å². The molecule has 0 aromatic rings. The van der Waals surface area contributed by atoms with Gasteiger partial charge in [-0.05, 0) is 6.42 Å². The van der Waals surface area contributed by atoms with Crippen LogP contribution >= 0.6 is 0 Å². The summed E-state index contributed by atoms with van der Waals surface area (Å²) >= 11 is 0. The molecule has 0 spiro atoms. The summed E-state index contributed by atoms with van der Waals surface area (Å²) in [5, 5.41) is 49.9. The van der Waals surface area contributed by atoms with Crippen LogP contribution in [0.1, 0.15) is 45.4 Å². The summed E-state index contributed by atoms with van der Waals surface area (Å²) in [7, 11) is 0. The maximum atomic E-state index is 12.0. The average Bonchev–Trinajstić information content (AvgIpc) is 3.51. The molecule has 0 aromatic heterocycles. The summed E-state index contributed by atoms with van der Waals surface area (Å²) in [4.78, 5) is 12.0. The van der Waals surface area contributed by atoms with Gasteiger partial charge in [0.05, 0.1) is 6.61 Å². The third kappa shape index (κ3) is 5.55. The van der Waals surface area contributed by atoms with Crippen molar-refractivity contribution in [2.45, 2.75) is 100 Å². The van der Waals surface area contributed by atoms with Crippen molar-refractivity contribution < 1.29 is 54.0 Å². The van der Waals surface area contributed by atoms with Gasteiger partial charge in [0, 0.05) is 6.42 Å². The normalized spacial score (nSPS) is 41.7. The second-order valence-corrected chi connectivity index (χ2v) is 8.31. The lowest BCUT2D eigenvalue weighted by atomic mass is 9.99. The van der Waals surface area contributed by atoms with Gasteiger partial charge in [-0.1, -0.05) is 32.6 Å². The summed E-state index contributed by atoms with van der Waals surface area (Å²) in [6, 6.07) is 0. The first-order chi connectivity index (χ1) is 14.9. The molecule has 9 atom stereocenters. The van der Waals surface area contributed by atoms with Gasteiger partial charge in [0.2, 0.25) is 5.79 Å². The van der Waals surface area contributed by atoms with E-state index >= 15 is 0 Å². The minimum Gasteiger partial charge on any atom is -0.463 e. The van der Waals surface area contributed by atoms with E-state index in [1.165, 1.54) is 0 Å². The summed E-state index contributed by atoms with van der Waals surface area (Å²) in [5.41, 5.74) is 0. The molecule has 0 aromatic carbocycles. The Morgan fingerprint density at radius 3 is 2.35 bits per heavy atom. The molecule has 11 nitrogen and oxygen atoms in total. The van der Waals surface area contributed by atoms with E-state index < -0.39 is 67.4 Å². The minimum atomic E-state index is -1.69. The molecule has 180 valence electrons. The van der Waals surface area contributed by atoms with Crippen molar-refractivity contribution in [2.24, 2.45) is 0 Å². The molecule has 3 fully saturated rings. The number of aliphatic hydroxyl groups is 5. The number of rotatable bonds is 12. The van der Waals surface area contributed by atoms with Gasteiger partial charge < -0.3 is 49.2 Å². The molecule has 0 saturated carbocycles. The number of carbonyl (C=O) groups is 1. The number of hydrogen-bond donors (Lipinski definition) is 5. The molecule has 0 bridgehead atoms. The third-order valence-electron chi connectivity index (χ3n) is 5.95. The Bertz CT molecular complexity index is 589. The van der Waals surface area contributed by atoms with Crippen LogP contribution in [-0.4, -0.2) is 106 Å². The van der Waals surface area contributed by atoms with Crippen LogP contribution in [0.25, 0.3) is 0 Å². The molecular formula is C20H34O11. The van der Waals surface area contributed by atoms with Crippen LogP contribution in [0.3, 0.4) is 0 Å². The molecule has 3 saturated heterocycles. The Morgan fingerprint density at radius 1 is 0.968 bits per heavy atom. The number of esters is 1. The number of epoxide rings is 1. The van der Waals surface area contributed by atoms with E-state index in [1.807, 2.05) is 0 Å². The number of aliphatic hydroxyl groups excluding tert-OH is 5. The topological polar surface area (TPSA) is 168 Å². The van der Waals surface area contributed by atoms with Crippen LogP contribution in [0, 0.1) is 0 Å². The summed E-state index contributed by atoms with van der Waals surface area (Å²) in [6.45, 7) is 0.772. The number of hydrogen-bond acceptors (Lipinski definition) is 11. The molecule has 0 amide bonds. The number of fused-ring (bicyclic) bond motifs is 1. The quantitative estimate of drug-likeness (QED) is 0.134. The highest BCUT2D eigenvalue weighted by Gasteiger charge is 2.69. The molecule has 0 aliphatic carbocycles. The molecule has 5 N–H and O–H groups in total. The van der Waals surface area contributed by atoms with E-state index in [0.29, 0.717) is 6.42 Å². The van der Waals surface area contributed by atoms with Crippen molar-refractivity contribution in [2.75, 3.05) is 19.8 Å². The van der Waals surface area contributed by atoms with Crippen molar-refractivity contribution >= 4 is 5.97 Å². The fourth-order valence-corrected chi connectivity index (χ4v) is 4.02. The summed E-state index contributed by atoms with van der Waals surface area (Å²) < 4.78 is 27.3. The molecule has 11 heteroatoms. The highest BCUT2D eigenvalue weighted by atomic mass is 16.8. The van der Waals surface area contributed by atoms with E-state index in [0.717, 1.165) is 25.7 Å². The Kier molecular flexibility index (Phi) is 8.64. The van der Waals surface area contributed by atoms with Gasteiger partial charge >= 0.3 is 5.97 Å². The standard InChI is InChI=1S/C20H34O11/c1-2-3-4-5-6-7-13(23)27-9-12-14(24)15(25)16(26)19(28-12)31-20(10-22)18-17(29-18)11(8-21)30-20/h11-12,14-19,21-22,24-26H,2-10H2,1H3/t11-,12-,14-,15+,16-,17+,18+,19-,20+/m1/s1. The van der Waals surface area contributed by atoms with Gasteiger partial charge in [-0.2, -0.15) is 0 Å². The fraction of sp³-hybridized carbons (Fsp3) is 0.950. The van der Waals surface area contributed by atoms with Crippen LogP contribution in [0.4, 0.5) is 0 Å². The van der Waals surface area contributed by atoms with Crippen LogP contribution in [0.5, 0.6) is 0 Å². The number of ether oxygens (including phenoxy) is 5. The molecule has 3 aliphatic heterocycles. The number of carbonyl (C=O) groups excluding carboxylic acids is 1. The van der Waals surface area contributed by atoms with Crippen molar-refractivity contribution in [1.29, 1.82) is 0 Å². The second kappa shape index (κ2) is 10.8. The third-order valence-corrected chi connectivity index (χ3v) is 5.95. The van der Waals surface area contributed by atoms with Gasteiger partial charge in [-0.25, -0.2) is 0 Å². The highest BCUT2D eigenvalue weighted by molar-refractivity contribution is 5.69. The molecule has 3 heterocycles. The zero-order valence-corrected chi connectivity index (χ0v) is 17.7. The van der Waals surface area contributed by atoms with Crippen LogP contribution in [0.2, 0.25) is 0 Å². The zero-order valence-electron chi connectivity index (χ0n) is 17.7. The fourth-order valence-electron chi connectivity index (χ4n) is 4.02.